The Morgan fingerprint density at radius 2 is 2.09 bits per heavy atom. The molecule has 5 heteroatoms. The second kappa shape index (κ2) is 6.11. The number of aromatic nitrogens is 3. The molecule has 2 aliphatic heterocycles. The van der Waals surface area contributed by atoms with Crippen molar-refractivity contribution in [2.24, 2.45) is 0 Å². The molecular weight excluding hydrogens is 286 g/mol. The van der Waals surface area contributed by atoms with Crippen LogP contribution in [0.2, 0.25) is 0 Å². The maximum absolute atomic E-state index is 4.72. The number of nitrogens with zero attached hydrogens (tertiary/aromatic N) is 5. The summed E-state index contributed by atoms with van der Waals surface area (Å²) in [6.07, 6.45) is 7.16. The minimum atomic E-state index is 0.443. The summed E-state index contributed by atoms with van der Waals surface area (Å²) in [6, 6.07) is 5.06. The Kier molecular flexibility index (Phi) is 3.97. The van der Waals surface area contributed by atoms with Gasteiger partial charge in [-0.2, -0.15) is 5.10 Å². The Hall–Kier alpha value is -1.62. The van der Waals surface area contributed by atoms with Crippen molar-refractivity contribution in [1.82, 2.24) is 19.5 Å². The van der Waals surface area contributed by atoms with Gasteiger partial charge in [-0.15, -0.1) is 0 Å². The van der Waals surface area contributed by atoms with Crippen molar-refractivity contribution in [2.75, 3.05) is 31.1 Å². The molecule has 1 unspecified atom stereocenters. The van der Waals surface area contributed by atoms with Crippen molar-refractivity contribution in [1.29, 1.82) is 0 Å². The van der Waals surface area contributed by atoms with Gasteiger partial charge in [0, 0.05) is 25.0 Å². The lowest BCUT2D eigenvalue weighted by Crippen LogP contribution is -2.62. The van der Waals surface area contributed by atoms with Crippen LogP contribution in [-0.4, -0.2) is 51.7 Å². The summed E-state index contributed by atoms with van der Waals surface area (Å²) in [6.45, 7) is 9.36. The van der Waals surface area contributed by atoms with Gasteiger partial charge in [0.1, 0.15) is 0 Å². The number of fused-ring (bicyclic) bond motifs is 1. The highest BCUT2D eigenvalue weighted by molar-refractivity contribution is 5.53. The van der Waals surface area contributed by atoms with Crippen LogP contribution in [0, 0.1) is 0 Å². The van der Waals surface area contributed by atoms with Crippen LogP contribution in [0.1, 0.15) is 51.3 Å². The molecule has 2 aromatic heterocycles. The summed E-state index contributed by atoms with van der Waals surface area (Å²) in [5.74, 6) is 1.43. The Balaban J connectivity index is 1.45. The van der Waals surface area contributed by atoms with E-state index in [1.165, 1.54) is 44.5 Å². The number of unbranched alkanes of at least 4 members (excludes halogenated alkanes) is 1. The zero-order chi connectivity index (χ0) is 15.8. The van der Waals surface area contributed by atoms with Crippen molar-refractivity contribution < 1.29 is 0 Å². The standard InChI is InChI=1S/C18H27N5/c1-3-4-6-14(2)18-19-17-8-7-15(13-23(17)20-18)22-11-16(12-22)21-9-5-10-21/h7-8,13-14,16H,3-6,9-12H2,1-2H3. The Morgan fingerprint density at radius 1 is 1.26 bits per heavy atom. The summed E-state index contributed by atoms with van der Waals surface area (Å²) < 4.78 is 1.96. The van der Waals surface area contributed by atoms with Crippen LogP contribution in [0.3, 0.4) is 0 Å². The summed E-state index contributed by atoms with van der Waals surface area (Å²) in [4.78, 5) is 9.74. The van der Waals surface area contributed by atoms with E-state index in [0.717, 1.165) is 30.6 Å². The number of hydrogen-bond acceptors (Lipinski definition) is 4. The van der Waals surface area contributed by atoms with E-state index in [-0.39, 0.29) is 0 Å². The third kappa shape index (κ3) is 2.82. The molecular formula is C18H27N5. The predicted octanol–water partition coefficient (Wildman–Crippen LogP) is 2.92. The van der Waals surface area contributed by atoms with Crippen LogP contribution in [0.4, 0.5) is 5.69 Å². The van der Waals surface area contributed by atoms with E-state index in [2.05, 4.69) is 42.0 Å². The number of rotatable bonds is 6. The first-order valence-corrected chi connectivity index (χ1v) is 9.10. The highest BCUT2D eigenvalue weighted by Gasteiger charge is 2.34. The molecule has 0 spiro atoms. The molecule has 0 saturated carbocycles. The van der Waals surface area contributed by atoms with Crippen molar-refractivity contribution in [3.05, 3.63) is 24.2 Å². The first kappa shape index (κ1) is 14.9. The Bertz CT molecular complexity index is 669. The van der Waals surface area contributed by atoms with E-state index in [9.17, 15) is 0 Å². The van der Waals surface area contributed by atoms with Crippen molar-refractivity contribution >= 4 is 11.3 Å². The Morgan fingerprint density at radius 3 is 2.78 bits per heavy atom. The topological polar surface area (TPSA) is 36.7 Å². The lowest BCUT2D eigenvalue weighted by atomic mass is 10.0. The average Bonchev–Trinajstić information content (AvgIpc) is 2.89. The lowest BCUT2D eigenvalue weighted by Gasteiger charge is -2.49. The number of pyridine rings is 1. The van der Waals surface area contributed by atoms with Gasteiger partial charge in [-0.1, -0.05) is 26.7 Å². The maximum Gasteiger partial charge on any atom is 0.155 e. The zero-order valence-corrected chi connectivity index (χ0v) is 14.3. The second-order valence-electron chi connectivity index (χ2n) is 7.15. The predicted molar refractivity (Wildman–Crippen MR) is 93.1 cm³/mol. The van der Waals surface area contributed by atoms with Gasteiger partial charge < -0.3 is 4.90 Å². The number of anilines is 1. The van der Waals surface area contributed by atoms with E-state index in [4.69, 9.17) is 10.1 Å². The molecule has 124 valence electrons. The van der Waals surface area contributed by atoms with Gasteiger partial charge in [-0.3, -0.25) is 4.90 Å². The number of hydrogen-bond donors (Lipinski definition) is 0. The number of likely N-dealkylation sites (tertiary alicyclic amines) is 1. The van der Waals surface area contributed by atoms with Gasteiger partial charge in [-0.05, 0) is 38.1 Å². The summed E-state index contributed by atoms with van der Waals surface area (Å²) >= 11 is 0. The van der Waals surface area contributed by atoms with Gasteiger partial charge in [0.05, 0.1) is 11.9 Å². The largest absolute Gasteiger partial charge is 0.367 e. The van der Waals surface area contributed by atoms with Crippen molar-refractivity contribution in [3.8, 4) is 0 Å². The fourth-order valence-electron chi connectivity index (χ4n) is 3.53. The second-order valence-corrected chi connectivity index (χ2v) is 7.15. The third-order valence-corrected chi connectivity index (χ3v) is 5.40. The van der Waals surface area contributed by atoms with Crippen molar-refractivity contribution in [2.45, 2.75) is 51.5 Å². The average molecular weight is 313 g/mol. The van der Waals surface area contributed by atoms with Crippen LogP contribution < -0.4 is 4.90 Å². The molecule has 0 aliphatic carbocycles. The van der Waals surface area contributed by atoms with E-state index < -0.39 is 0 Å². The molecule has 2 aromatic rings. The molecule has 1 atom stereocenters. The van der Waals surface area contributed by atoms with Crippen LogP contribution in [0.5, 0.6) is 0 Å². The van der Waals surface area contributed by atoms with Crippen molar-refractivity contribution in [3.63, 3.8) is 0 Å². The molecule has 0 N–H and O–H groups in total. The third-order valence-electron chi connectivity index (χ3n) is 5.40. The molecule has 4 rings (SSSR count). The molecule has 2 aliphatic rings. The summed E-state index contributed by atoms with van der Waals surface area (Å²) in [5.41, 5.74) is 2.24. The molecule has 0 aromatic carbocycles. The molecule has 5 nitrogen and oxygen atoms in total. The first-order valence-electron chi connectivity index (χ1n) is 9.10. The fraction of sp³-hybridized carbons (Fsp3) is 0.667. The van der Waals surface area contributed by atoms with Gasteiger partial charge in [-0.25, -0.2) is 9.50 Å². The first-order chi connectivity index (χ1) is 11.2. The van der Waals surface area contributed by atoms with E-state index in [0.29, 0.717) is 5.92 Å². The van der Waals surface area contributed by atoms with Gasteiger partial charge in [0.2, 0.25) is 0 Å². The van der Waals surface area contributed by atoms with Crippen LogP contribution in [0.25, 0.3) is 5.65 Å². The maximum atomic E-state index is 4.72. The SMILES string of the molecule is CCCCC(C)c1nc2ccc(N3CC(N4CCC4)C3)cn2n1. The summed E-state index contributed by atoms with van der Waals surface area (Å²) in [5, 5.41) is 4.72. The Labute approximate surface area is 138 Å². The normalized spacial score (nSPS) is 20.5. The monoisotopic (exact) mass is 313 g/mol. The fourth-order valence-corrected chi connectivity index (χ4v) is 3.53. The van der Waals surface area contributed by atoms with Crippen LogP contribution >= 0.6 is 0 Å². The molecule has 2 saturated heterocycles. The molecule has 0 radical (unpaired) electrons. The highest BCUT2D eigenvalue weighted by Crippen LogP contribution is 2.27. The van der Waals surface area contributed by atoms with Crippen LogP contribution in [0.15, 0.2) is 18.3 Å². The highest BCUT2D eigenvalue weighted by atomic mass is 15.3. The molecule has 2 fully saturated rings. The van der Waals surface area contributed by atoms with Crippen LogP contribution in [-0.2, 0) is 0 Å². The molecule has 0 bridgehead atoms. The molecule has 4 heterocycles. The van der Waals surface area contributed by atoms with E-state index >= 15 is 0 Å². The minimum Gasteiger partial charge on any atom is -0.367 e. The van der Waals surface area contributed by atoms with Gasteiger partial charge in [0.15, 0.2) is 11.5 Å². The molecule has 23 heavy (non-hydrogen) atoms. The minimum absolute atomic E-state index is 0.443. The molecule has 0 amide bonds. The summed E-state index contributed by atoms with van der Waals surface area (Å²) in [7, 11) is 0. The van der Waals surface area contributed by atoms with Gasteiger partial charge >= 0.3 is 0 Å². The van der Waals surface area contributed by atoms with E-state index in [1.54, 1.807) is 0 Å². The van der Waals surface area contributed by atoms with Gasteiger partial charge in [0.25, 0.3) is 0 Å². The zero-order valence-electron chi connectivity index (χ0n) is 14.3. The quantitative estimate of drug-likeness (QED) is 0.821. The smallest absolute Gasteiger partial charge is 0.155 e. The lowest BCUT2D eigenvalue weighted by molar-refractivity contribution is 0.0977. The van der Waals surface area contributed by atoms with E-state index in [1.807, 2.05) is 4.52 Å².